The average molecular weight is 331 g/mol. The summed E-state index contributed by atoms with van der Waals surface area (Å²) in [5, 5.41) is 5.76. The van der Waals surface area contributed by atoms with E-state index in [0.717, 1.165) is 41.4 Å². The van der Waals surface area contributed by atoms with E-state index in [-0.39, 0.29) is 5.56 Å². The van der Waals surface area contributed by atoms with Gasteiger partial charge in [-0.2, -0.15) is 9.15 Å². The van der Waals surface area contributed by atoms with Gasteiger partial charge in [0.2, 0.25) is 0 Å². The molecule has 0 fully saturated rings. The molecular weight excluding hydrogens is 310 g/mol. The molecule has 0 N–H and O–H groups in total. The van der Waals surface area contributed by atoms with Crippen LogP contribution in [0.25, 0.3) is 22.2 Å². The van der Waals surface area contributed by atoms with Gasteiger partial charge in [-0.25, -0.2) is 0 Å². The quantitative estimate of drug-likeness (QED) is 0.560. The molecule has 0 unspecified atom stereocenters. The fourth-order valence-electron chi connectivity index (χ4n) is 3.30. The van der Waals surface area contributed by atoms with Crippen LogP contribution in [0.4, 0.5) is 0 Å². The Labute approximate surface area is 146 Å². The fourth-order valence-corrected chi connectivity index (χ4v) is 3.30. The third kappa shape index (κ3) is 2.64. The molecule has 0 saturated carbocycles. The number of unbranched alkanes of at least 4 members (excludes halogenated alkanes) is 1. The summed E-state index contributed by atoms with van der Waals surface area (Å²) in [6.07, 6.45) is 3.08. The van der Waals surface area contributed by atoms with Crippen LogP contribution in [0.1, 0.15) is 31.0 Å². The molecule has 2 aromatic heterocycles. The molecule has 4 nitrogen and oxygen atoms in total. The van der Waals surface area contributed by atoms with Crippen LogP contribution < -0.4 is 5.56 Å². The molecule has 0 radical (unpaired) electrons. The van der Waals surface area contributed by atoms with E-state index < -0.39 is 0 Å². The second kappa shape index (κ2) is 6.20. The Morgan fingerprint density at radius 3 is 2.60 bits per heavy atom. The first-order valence-corrected chi connectivity index (χ1v) is 8.79. The summed E-state index contributed by atoms with van der Waals surface area (Å²) in [6, 6.07) is 18.0. The SMILES string of the molecule is CCCCc1cc2cc(C)ccc2n2c(=O)c(-c3ccccc3)nn12. The van der Waals surface area contributed by atoms with Crippen LogP contribution in [0.2, 0.25) is 0 Å². The Bertz CT molecular complexity index is 1110. The van der Waals surface area contributed by atoms with Crippen LogP contribution in [0.5, 0.6) is 0 Å². The highest BCUT2D eigenvalue weighted by Gasteiger charge is 2.16. The zero-order chi connectivity index (χ0) is 17.4. The molecule has 0 atom stereocenters. The monoisotopic (exact) mass is 331 g/mol. The maximum Gasteiger partial charge on any atom is 0.299 e. The van der Waals surface area contributed by atoms with Gasteiger partial charge in [0.25, 0.3) is 5.56 Å². The average Bonchev–Trinajstić information content (AvgIpc) is 2.98. The minimum atomic E-state index is -0.0709. The second-order valence-corrected chi connectivity index (χ2v) is 6.52. The standard InChI is InChI=1S/C21H21N3O/c1-3-4-10-18-14-17-13-15(2)11-12-19(17)23-21(25)20(22-24(18)23)16-8-6-5-7-9-16/h5-9,11-14H,3-4,10H2,1-2H3. The Morgan fingerprint density at radius 2 is 1.84 bits per heavy atom. The van der Waals surface area contributed by atoms with Gasteiger partial charge in [0, 0.05) is 10.9 Å². The topological polar surface area (TPSA) is 38.8 Å². The van der Waals surface area contributed by atoms with Gasteiger partial charge in [0.05, 0.1) is 11.2 Å². The van der Waals surface area contributed by atoms with Gasteiger partial charge in [-0.05, 0) is 38.0 Å². The molecule has 126 valence electrons. The third-order valence-corrected chi connectivity index (χ3v) is 4.60. The van der Waals surface area contributed by atoms with Crippen molar-refractivity contribution < 1.29 is 0 Å². The molecule has 0 amide bonds. The lowest BCUT2D eigenvalue weighted by molar-refractivity contribution is 0.655. The van der Waals surface area contributed by atoms with E-state index in [1.165, 1.54) is 5.56 Å². The lowest BCUT2D eigenvalue weighted by atomic mass is 10.1. The molecule has 2 heterocycles. The lowest BCUT2D eigenvalue weighted by Gasteiger charge is -2.09. The van der Waals surface area contributed by atoms with Gasteiger partial charge in [0.1, 0.15) is 0 Å². The number of benzene rings is 2. The van der Waals surface area contributed by atoms with Gasteiger partial charge in [0.15, 0.2) is 5.69 Å². The zero-order valence-electron chi connectivity index (χ0n) is 14.6. The minimum absolute atomic E-state index is 0.0709. The number of hydrogen-bond acceptors (Lipinski definition) is 2. The number of hydrogen-bond donors (Lipinski definition) is 0. The second-order valence-electron chi connectivity index (χ2n) is 6.52. The van der Waals surface area contributed by atoms with E-state index in [0.29, 0.717) is 5.69 Å². The van der Waals surface area contributed by atoms with Crippen LogP contribution in [-0.2, 0) is 6.42 Å². The molecule has 0 saturated heterocycles. The Morgan fingerprint density at radius 1 is 1.04 bits per heavy atom. The zero-order valence-corrected chi connectivity index (χ0v) is 14.6. The van der Waals surface area contributed by atoms with E-state index in [1.54, 1.807) is 9.15 Å². The summed E-state index contributed by atoms with van der Waals surface area (Å²) >= 11 is 0. The molecule has 0 spiro atoms. The predicted molar refractivity (Wildman–Crippen MR) is 101 cm³/mol. The van der Waals surface area contributed by atoms with Crippen molar-refractivity contribution in [3.63, 3.8) is 0 Å². The van der Waals surface area contributed by atoms with Crippen LogP contribution >= 0.6 is 0 Å². The van der Waals surface area contributed by atoms with Gasteiger partial charge >= 0.3 is 0 Å². The normalized spacial score (nSPS) is 11.4. The summed E-state index contributed by atoms with van der Waals surface area (Å²) in [6.45, 7) is 4.25. The lowest BCUT2D eigenvalue weighted by Crippen LogP contribution is -2.16. The van der Waals surface area contributed by atoms with E-state index in [1.807, 2.05) is 42.5 Å². The van der Waals surface area contributed by atoms with E-state index >= 15 is 0 Å². The summed E-state index contributed by atoms with van der Waals surface area (Å²) in [5.41, 5.74) is 4.43. The highest BCUT2D eigenvalue weighted by molar-refractivity contribution is 5.80. The Kier molecular flexibility index (Phi) is 3.88. The van der Waals surface area contributed by atoms with Crippen LogP contribution in [0.15, 0.2) is 59.4 Å². The van der Waals surface area contributed by atoms with Crippen LogP contribution in [0.3, 0.4) is 0 Å². The third-order valence-electron chi connectivity index (χ3n) is 4.60. The first-order chi connectivity index (χ1) is 12.2. The summed E-state index contributed by atoms with van der Waals surface area (Å²) in [7, 11) is 0. The van der Waals surface area contributed by atoms with Crippen molar-refractivity contribution >= 4 is 10.9 Å². The number of fused-ring (bicyclic) bond motifs is 3. The van der Waals surface area contributed by atoms with Gasteiger partial charge in [-0.1, -0.05) is 55.3 Å². The fraction of sp³-hybridized carbons (Fsp3) is 0.238. The van der Waals surface area contributed by atoms with Crippen molar-refractivity contribution in [2.45, 2.75) is 33.1 Å². The molecule has 2 aromatic carbocycles. The first kappa shape index (κ1) is 15.6. The van der Waals surface area contributed by atoms with Crippen molar-refractivity contribution in [1.29, 1.82) is 0 Å². The van der Waals surface area contributed by atoms with Crippen molar-refractivity contribution in [3.05, 3.63) is 76.2 Å². The Hall–Kier alpha value is -2.88. The molecule has 25 heavy (non-hydrogen) atoms. The molecule has 0 aliphatic carbocycles. The molecular formula is C21H21N3O. The van der Waals surface area contributed by atoms with Crippen LogP contribution in [0, 0.1) is 6.92 Å². The number of aromatic nitrogens is 3. The maximum absolute atomic E-state index is 13.1. The number of aryl methyl sites for hydroxylation is 2. The van der Waals surface area contributed by atoms with Crippen molar-refractivity contribution in [3.8, 4) is 11.3 Å². The predicted octanol–water partition coefficient (Wildman–Crippen LogP) is 4.27. The first-order valence-electron chi connectivity index (χ1n) is 8.79. The van der Waals surface area contributed by atoms with Gasteiger partial charge < -0.3 is 0 Å². The Balaban J connectivity index is 2.08. The van der Waals surface area contributed by atoms with Crippen molar-refractivity contribution in [2.24, 2.45) is 0 Å². The molecule has 0 aliphatic heterocycles. The van der Waals surface area contributed by atoms with E-state index in [4.69, 9.17) is 0 Å². The van der Waals surface area contributed by atoms with Crippen molar-refractivity contribution in [1.82, 2.24) is 14.2 Å². The highest BCUT2D eigenvalue weighted by Crippen LogP contribution is 2.20. The maximum atomic E-state index is 13.1. The minimum Gasteiger partial charge on any atom is -0.265 e. The molecule has 0 aliphatic rings. The van der Waals surface area contributed by atoms with E-state index in [9.17, 15) is 4.79 Å². The molecule has 4 rings (SSSR count). The van der Waals surface area contributed by atoms with Gasteiger partial charge in [-0.3, -0.25) is 4.79 Å². The molecule has 4 heteroatoms. The summed E-state index contributed by atoms with van der Waals surface area (Å²) in [4.78, 5) is 13.1. The largest absolute Gasteiger partial charge is 0.299 e. The smallest absolute Gasteiger partial charge is 0.265 e. The molecule has 4 aromatic rings. The summed E-state index contributed by atoms with van der Waals surface area (Å²) < 4.78 is 3.50. The summed E-state index contributed by atoms with van der Waals surface area (Å²) in [5.74, 6) is 0. The van der Waals surface area contributed by atoms with E-state index in [2.05, 4.69) is 31.1 Å². The van der Waals surface area contributed by atoms with Crippen LogP contribution in [-0.4, -0.2) is 14.2 Å². The number of nitrogens with zero attached hydrogens (tertiary/aromatic N) is 3. The van der Waals surface area contributed by atoms with Gasteiger partial charge in [-0.15, -0.1) is 5.10 Å². The number of rotatable bonds is 4. The molecule has 0 bridgehead atoms. The highest BCUT2D eigenvalue weighted by atomic mass is 16.1. The van der Waals surface area contributed by atoms with Crippen molar-refractivity contribution in [2.75, 3.05) is 0 Å².